The van der Waals surface area contributed by atoms with Gasteiger partial charge in [0.2, 0.25) is 0 Å². The Balaban J connectivity index is 1.36. The van der Waals surface area contributed by atoms with Crippen molar-refractivity contribution in [3.63, 3.8) is 0 Å². The number of nitrogens with zero attached hydrogens (tertiary/aromatic N) is 6. The summed E-state index contributed by atoms with van der Waals surface area (Å²) in [5.41, 5.74) is 5.69. The Kier molecular flexibility index (Phi) is 6.88. The molecule has 0 aliphatic carbocycles. The van der Waals surface area contributed by atoms with Gasteiger partial charge in [-0.05, 0) is 67.3 Å². The van der Waals surface area contributed by atoms with Gasteiger partial charge >= 0.3 is 0 Å². The lowest BCUT2D eigenvalue weighted by atomic mass is 10.1. The zero-order chi connectivity index (χ0) is 24.7. The smallest absolute Gasteiger partial charge is 0.174 e. The van der Waals surface area contributed by atoms with Crippen LogP contribution >= 0.6 is 0 Å². The van der Waals surface area contributed by atoms with E-state index < -0.39 is 0 Å². The van der Waals surface area contributed by atoms with E-state index in [0.29, 0.717) is 35.3 Å². The predicted octanol–water partition coefficient (Wildman–Crippen LogP) is 5.24. The first-order valence-electron chi connectivity index (χ1n) is 11.8. The highest BCUT2D eigenvalue weighted by Crippen LogP contribution is 2.33. The van der Waals surface area contributed by atoms with Crippen molar-refractivity contribution in [2.75, 3.05) is 5.32 Å². The van der Waals surface area contributed by atoms with Crippen LogP contribution in [-0.4, -0.2) is 35.6 Å². The van der Waals surface area contributed by atoms with Crippen LogP contribution in [0.5, 0.6) is 11.5 Å². The lowest BCUT2D eigenvalue weighted by Gasteiger charge is -2.14. The summed E-state index contributed by atoms with van der Waals surface area (Å²) in [5.74, 6) is 2.70. The molecule has 4 aromatic heterocycles. The number of aryl methyl sites for hydroxylation is 4. The Bertz CT molecular complexity index is 1440. The molecule has 0 radical (unpaired) electrons. The summed E-state index contributed by atoms with van der Waals surface area (Å²) in [7, 11) is 0. The van der Waals surface area contributed by atoms with Gasteiger partial charge in [-0.2, -0.15) is 5.21 Å². The van der Waals surface area contributed by atoms with Gasteiger partial charge in [-0.25, -0.2) is 9.97 Å². The molecule has 2 N–H and O–H groups in total. The van der Waals surface area contributed by atoms with Crippen molar-refractivity contribution in [2.45, 2.75) is 33.1 Å². The Morgan fingerprint density at radius 3 is 2.69 bits per heavy atom. The van der Waals surface area contributed by atoms with Crippen molar-refractivity contribution in [2.24, 2.45) is 0 Å². The van der Waals surface area contributed by atoms with Crippen LogP contribution in [0, 0.1) is 6.92 Å². The van der Waals surface area contributed by atoms with Gasteiger partial charge < -0.3 is 10.1 Å². The number of hydrogen-bond donors (Lipinski definition) is 2. The average Bonchev–Trinajstić information content (AvgIpc) is 3.43. The second-order valence-corrected chi connectivity index (χ2v) is 8.28. The van der Waals surface area contributed by atoms with Crippen LogP contribution in [0.2, 0.25) is 0 Å². The summed E-state index contributed by atoms with van der Waals surface area (Å²) in [6, 6.07) is 19.7. The summed E-state index contributed by atoms with van der Waals surface area (Å²) in [6.07, 6.45) is 5.87. The van der Waals surface area contributed by atoms with Crippen molar-refractivity contribution in [3.05, 3.63) is 95.7 Å². The molecule has 180 valence electrons. The summed E-state index contributed by atoms with van der Waals surface area (Å²) in [4.78, 5) is 13.8. The number of aromatic nitrogens is 7. The minimum atomic E-state index is 0.658. The topological polar surface area (TPSA) is 114 Å². The molecule has 4 heterocycles. The molecule has 0 amide bonds. The second kappa shape index (κ2) is 10.7. The van der Waals surface area contributed by atoms with Crippen molar-refractivity contribution < 1.29 is 4.74 Å². The van der Waals surface area contributed by atoms with Gasteiger partial charge in [0.1, 0.15) is 17.3 Å². The van der Waals surface area contributed by atoms with Gasteiger partial charge in [-0.1, -0.05) is 30.3 Å². The minimum Gasteiger partial charge on any atom is -0.455 e. The molecule has 0 fully saturated rings. The molecule has 36 heavy (non-hydrogen) atoms. The molecule has 0 aliphatic heterocycles. The van der Waals surface area contributed by atoms with Crippen LogP contribution in [0.15, 0.2) is 73.1 Å². The molecular weight excluding hydrogens is 452 g/mol. The van der Waals surface area contributed by atoms with Gasteiger partial charge in [0, 0.05) is 36.3 Å². The molecule has 0 spiro atoms. The number of anilines is 2. The maximum absolute atomic E-state index is 6.34. The Labute approximate surface area is 209 Å². The second-order valence-electron chi connectivity index (χ2n) is 8.28. The molecule has 0 saturated carbocycles. The first-order valence-corrected chi connectivity index (χ1v) is 11.8. The van der Waals surface area contributed by atoms with Gasteiger partial charge in [0.15, 0.2) is 11.6 Å². The number of ether oxygens (including phenoxy) is 1. The van der Waals surface area contributed by atoms with Gasteiger partial charge in [0.05, 0.1) is 5.69 Å². The van der Waals surface area contributed by atoms with E-state index in [9.17, 15) is 0 Å². The van der Waals surface area contributed by atoms with Crippen LogP contribution in [0.4, 0.5) is 11.5 Å². The van der Waals surface area contributed by atoms with E-state index in [1.54, 1.807) is 12.4 Å². The molecule has 0 saturated heterocycles. The van der Waals surface area contributed by atoms with Crippen LogP contribution in [0.3, 0.4) is 0 Å². The van der Waals surface area contributed by atoms with E-state index in [-0.39, 0.29) is 0 Å². The highest BCUT2D eigenvalue weighted by molar-refractivity contribution is 5.65. The maximum atomic E-state index is 6.34. The fraction of sp³-hybridized carbons (Fsp3) is 0.185. The van der Waals surface area contributed by atoms with Gasteiger partial charge in [0.25, 0.3) is 0 Å². The van der Waals surface area contributed by atoms with Crippen LogP contribution in [-0.2, 0) is 19.3 Å². The number of benzene rings is 1. The van der Waals surface area contributed by atoms with E-state index in [2.05, 4.69) is 55.0 Å². The van der Waals surface area contributed by atoms with Gasteiger partial charge in [-0.3, -0.25) is 4.98 Å². The number of tetrazole rings is 1. The van der Waals surface area contributed by atoms with Crippen LogP contribution in [0.1, 0.15) is 29.6 Å². The number of rotatable bonds is 9. The molecule has 0 bridgehead atoms. The van der Waals surface area contributed by atoms with Crippen molar-refractivity contribution in [1.29, 1.82) is 0 Å². The number of nitrogens with one attached hydrogen (secondary N) is 2. The van der Waals surface area contributed by atoms with Crippen LogP contribution in [0.25, 0.3) is 11.4 Å². The first-order chi connectivity index (χ1) is 17.7. The largest absolute Gasteiger partial charge is 0.455 e. The fourth-order valence-electron chi connectivity index (χ4n) is 3.91. The molecule has 5 aromatic rings. The molecular formula is C27H26N8O. The Hall–Kier alpha value is -4.66. The van der Waals surface area contributed by atoms with Gasteiger partial charge in [-0.15, -0.1) is 10.2 Å². The third kappa shape index (κ3) is 5.52. The summed E-state index contributed by atoms with van der Waals surface area (Å²) < 4.78 is 6.34. The lowest BCUT2D eigenvalue weighted by molar-refractivity contribution is 0.480. The predicted molar refractivity (Wildman–Crippen MR) is 137 cm³/mol. The van der Waals surface area contributed by atoms with E-state index in [0.717, 1.165) is 41.0 Å². The number of hydrogen-bond acceptors (Lipinski definition) is 8. The van der Waals surface area contributed by atoms with Crippen molar-refractivity contribution >= 4 is 11.5 Å². The summed E-state index contributed by atoms with van der Waals surface area (Å²) in [6.45, 7) is 4.12. The van der Waals surface area contributed by atoms with Crippen molar-refractivity contribution in [3.8, 4) is 22.9 Å². The van der Waals surface area contributed by atoms with Crippen molar-refractivity contribution in [1.82, 2.24) is 35.6 Å². The molecule has 5 rings (SSSR count). The quantitative estimate of drug-likeness (QED) is 0.295. The molecule has 9 nitrogen and oxygen atoms in total. The number of pyridine rings is 3. The average molecular weight is 479 g/mol. The maximum Gasteiger partial charge on any atom is 0.174 e. The minimum absolute atomic E-state index is 0.658. The monoisotopic (exact) mass is 478 g/mol. The highest BCUT2D eigenvalue weighted by atomic mass is 16.5. The first kappa shape index (κ1) is 23.1. The van der Waals surface area contributed by atoms with E-state index in [4.69, 9.17) is 9.72 Å². The SMILES string of the molecule is CCc1cc(Oc2ccnc(Nc3cccc(CCc4nn[nH]n4)c3)c2)c(-c2ccccn2)nc1C. The number of aromatic amines is 1. The molecule has 9 heteroatoms. The third-order valence-electron chi connectivity index (χ3n) is 5.76. The number of H-pyrrole nitrogens is 1. The highest BCUT2D eigenvalue weighted by Gasteiger charge is 2.14. The standard InChI is InChI=1S/C27H26N8O/c1-3-20-16-24(27(30-18(20)2)23-9-4-5-13-28-23)36-22-12-14-29-26(17-22)31-21-8-6-7-19(15-21)10-11-25-32-34-35-33-25/h4-9,12-17H,3,10-11H2,1-2H3,(H,29,31)(H,32,33,34,35). The fourth-order valence-corrected chi connectivity index (χ4v) is 3.91. The molecule has 0 unspecified atom stereocenters. The summed E-state index contributed by atoms with van der Waals surface area (Å²) >= 11 is 0. The Morgan fingerprint density at radius 2 is 1.89 bits per heavy atom. The molecule has 0 atom stereocenters. The molecule has 1 aromatic carbocycles. The molecule has 0 aliphatic rings. The summed E-state index contributed by atoms with van der Waals surface area (Å²) in [5, 5.41) is 17.5. The van der Waals surface area contributed by atoms with E-state index in [1.807, 2.05) is 55.5 Å². The normalized spacial score (nSPS) is 10.8. The Morgan fingerprint density at radius 1 is 0.944 bits per heavy atom. The van der Waals surface area contributed by atoms with Crippen LogP contribution < -0.4 is 10.1 Å². The van der Waals surface area contributed by atoms with E-state index >= 15 is 0 Å². The third-order valence-corrected chi connectivity index (χ3v) is 5.76. The zero-order valence-electron chi connectivity index (χ0n) is 20.1. The zero-order valence-corrected chi connectivity index (χ0v) is 20.1. The van der Waals surface area contributed by atoms with E-state index in [1.165, 1.54) is 0 Å². The lowest BCUT2D eigenvalue weighted by Crippen LogP contribution is -2.00.